The average Bonchev–Trinajstić information content (AvgIpc) is 2.89. The largest absolute Gasteiger partial charge is 0.401 e. The van der Waals surface area contributed by atoms with Crippen molar-refractivity contribution in [3.63, 3.8) is 0 Å². The van der Waals surface area contributed by atoms with Gasteiger partial charge in [0.15, 0.2) is 5.96 Å². The van der Waals surface area contributed by atoms with Gasteiger partial charge in [0.05, 0.1) is 6.54 Å². The Morgan fingerprint density at radius 3 is 2.46 bits per heavy atom. The third kappa shape index (κ3) is 7.78. The van der Waals surface area contributed by atoms with Crippen LogP contribution in [0, 0.1) is 17.3 Å². The highest BCUT2D eigenvalue weighted by molar-refractivity contribution is 14.0. The minimum absolute atomic E-state index is 0. The summed E-state index contributed by atoms with van der Waals surface area (Å²) in [6, 6.07) is 0. The zero-order chi connectivity index (χ0) is 18.5. The van der Waals surface area contributed by atoms with E-state index in [1.54, 1.807) is 7.05 Å². The molecule has 0 bridgehead atoms. The van der Waals surface area contributed by atoms with Crippen LogP contribution >= 0.6 is 24.0 Å². The quantitative estimate of drug-likeness (QED) is 0.324. The molecular weight excluding hydrogens is 456 g/mol. The zero-order valence-electron chi connectivity index (χ0n) is 16.2. The van der Waals surface area contributed by atoms with E-state index in [0.717, 1.165) is 18.9 Å². The Labute approximate surface area is 172 Å². The van der Waals surface area contributed by atoms with Gasteiger partial charge in [0.1, 0.15) is 0 Å². The van der Waals surface area contributed by atoms with E-state index in [1.807, 2.05) is 0 Å². The van der Waals surface area contributed by atoms with Gasteiger partial charge in [-0.1, -0.05) is 20.3 Å². The minimum Gasteiger partial charge on any atom is -0.356 e. The van der Waals surface area contributed by atoms with Gasteiger partial charge in [0, 0.05) is 26.7 Å². The highest BCUT2D eigenvalue weighted by Crippen LogP contribution is 2.45. The molecule has 8 heteroatoms. The van der Waals surface area contributed by atoms with Crippen LogP contribution in [-0.4, -0.2) is 56.8 Å². The van der Waals surface area contributed by atoms with E-state index in [1.165, 1.54) is 30.6 Å². The van der Waals surface area contributed by atoms with Crippen molar-refractivity contribution in [1.29, 1.82) is 0 Å². The summed E-state index contributed by atoms with van der Waals surface area (Å²) in [6.07, 6.45) is 1.77. The Kier molecular flexibility index (Phi) is 9.46. The summed E-state index contributed by atoms with van der Waals surface area (Å²) < 4.78 is 37.4. The number of hydrogen-bond donors (Lipinski definition) is 2. The maximum Gasteiger partial charge on any atom is 0.401 e. The highest BCUT2D eigenvalue weighted by Gasteiger charge is 2.37. The number of aliphatic imine (C=N–C) groups is 1. The molecule has 0 aromatic heterocycles. The summed E-state index contributed by atoms with van der Waals surface area (Å²) in [6.45, 7) is 6.35. The van der Waals surface area contributed by atoms with Crippen LogP contribution in [0.25, 0.3) is 0 Å². The maximum absolute atomic E-state index is 12.5. The molecule has 1 saturated carbocycles. The summed E-state index contributed by atoms with van der Waals surface area (Å²) in [7, 11) is 1.75. The van der Waals surface area contributed by atoms with Crippen molar-refractivity contribution in [3.05, 3.63) is 0 Å². The molecule has 0 amide bonds. The third-order valence-corrected chi connectivity index (χ3v) is 5.44. The molecule has 1 aliphatic carbocycles. The molecule has 0 spiro atoms. The van der Waals surface area contributed by atoms with E-state index in [4.69, 9.17) is 0 Å². The van der Waals surface area contributed by atoms with Gasteiger partial charge < -0.3 is 10.6 Å². The van der Waals surface area contributed by atoms with Gasteiger partial charge in [-0.25, -0.2) is 0 Å². The van der Waals surface area contributed by atoms with Gasteiger partial charge in [-0.15, -0.1) is 24.0 Å². The fraction of sp³-hybridized carbons (Fsp3) is 0.944. The number of rotatable bonds is 7. The summed E-state index contributed by atoms with van der Waals surface area (Å²) in [5, 5.41) is 6.74. The lowest BCUT2D eigenvalue weighted by Gasteiger charge is -2.43. The maximum atomic E-state index is 12.5. The molecule has 0 aromatic rings. The van der Waals surface area contributed by atoms with Crippen LogP contribution in [0.2, 0.25) is 0 Å². The van der Waals surface area contributed by atoms with Gasteiger partial charge in [-0.3, -0.25) is 9.89 Å². The molecule has 0 radical (unpaired) electrons. The topological polar surface area (TPSA) is 39.7 Å². The van der Waals surface area contributed by atoms with Crippen LogP contribution in [0.4, 0.5) is 13.2 Å². The zero-order valence-corrected chi connectivity index (χ0v) is 18.5. The van der Waals surface area contributed by atoms with Crippen LogP contribution in [0.15, 0.2) is 4.99 Å². The lowest BCUT2D eigenvalue weighted by Crippen LogP contribution is -2.48. The van der Waals surface area contributed by atoms with Gasteiger partial charge >= 0.3 is 6.18 Å². The lowest BCUT2D eigenvalue weighted by atomic mass is 9.64. The van der Waals surface area contributed by atoms with E-state index >= 15 is 0 Å². The Balaban J connectivity index is 0.00000338. The second-order valence-electron chi connectivity index (χ2n) is 8.26. The number of hydrogen-bond acceptors (Lipinski definition) is 2. The molecule has 1 heterocycles. The minimum atomic E-state index is -4.10. The summed E-state index contributed by atoms with van der Waals surface area (Å²) in [4.78, 5) is 5.76. The molecule has 1 atom stereocenters. The molecule has 2 fully saturated rings. The number of guanidine groups is 1. The molecule has 154 valence electrons. The molecule has 2 N–H and O–H groups in total. The van der Waals surface area contributed by atoms with E-state index in [-0.39, 0.29) is 29.9 Å². The van der Waals surface area contributed by atoms with Crippen molar-refractivity contribution < 1.29 is 13.2 Å². The highest BCUT2D eigenvalue weighted by atomic mass is 127. The Morgan fingerprint density at radius 2 is 1.96 bits per heavy atom. The van der Waals surface area contributed by atoms with Crippen molar-refractivity contribution in [2.24, 2.45) is 22.2 Å². The molecular formula is C18H34F3IN4. The number of halogens is 4. The van der Waals surface area contributed by atoms with E-state index in [9.17, 15) is 13.2 Å². The van der Waals surface area contributed by atoms with Crippen molar-refractivity contribution in [3.8, 4) is 0 Å². The first-order valence-electron chi connectivity index (χ1n) is 9.45. The molecule has 1 unspecified atom stereocenters. The first-order valence-corrected chi connectivity index (χ1v) is 9.45. The van der Waals surface area contributed by atoms with Gasteiger partial charge in [-0.05, 0) is 49.5 Å². The Morgan fingerprint density at radius 1 is 1.27 bits per heavy atom. The van der Waals surface area contributed by atoms with Crippen LogP contribution in [-0.2, 0) is 0 Å². The Hall–Kier alpha value is -0.250. The van der Waals surface area contributed by atoms with E-state index in [2.05, 4.69) is 29.5 Å². The van der Waals surface area contributed by atoms with E-state index < -0.39 is 12.7 Å². The second-order valence-corrected chi connectivity index (χ2v) is 8.26. The monoisotopic (exact) mass is 490 g/mol. The smallest absolute Gasteiger partial charge is 0.356 e. The molecule has 26 heavy (non-hydrogen) atoms. The first kappa shape index (κ1) is 23.8. The van der Waals surface area contributed by atoms with Crippen molar-refractivity contribution >= 4 is 29.9 Å². The summed E-state index contributed by atoms with van der Waals surface area (Å²) >= 11 is 0. The van der Waals surface area contributed by atoms with Crippen LogP contribution in [0.1, 0.15) is 46.0 Å². The first-order chi connectivity index (χ1) is 11.7. The molecule has 2 aliphatic rings. The molecule has 2 rings (SSSR count). The Bertz CT molecular complexity index is 450. The molecule has 1 aliphatic heterocycles. The standard InChI is InChI=1S/C18H33F3N4.HI/c1-14(2)9-17(6-4-7-17)12-24-16(22-3)23-10-15-5-8-25(11-15)13-18(19,20)21;/h14-15H,4-13H2,1-3H3,(H2,22,23,24);1H. The predicted octanol–water partition coefficient (Wildman–Crippen LogP) is 3.87. The third-order valence-electron chi connectivity index (χ3n) is 5.44. The van der Waals surface area contributed by atoms with Crippen LogP contribution in [0.3, 0.4) is 0 Å². The normalized spacial score (nSPS) is 23.5. The fourth-order valence-corrected chi connectivity index (χ4v) is 4.21. The lowest BCUT2D eigenvalue weighted by molar-refractivity contribution is -0.143. The van der Waals surface area contributed by atoms with Crippen molar-refractivity contribution in [1.82, 2.24) is 15.5 Å². The van der Waals surface area contributed by atoms with Crippen LogP contribution < -0.4 is 10.6 Å². The second kappa shape index (κ2) is 10.3. The molecule has 4 nitrogen and oxygen atoms in total. The van der Waals surface area contributed by atoms with Crippen molar-refractivity contribution in [2.45, 2.75) is 52.1 Å². The average molecular weight is 490 g/mol. The predicted molar refractivity (Wildman–Crippen MR) is 111 cm³/mol. The summed E-state index contributed by atoms with van der Waals surface area (Å²) in [5.74, 6) is 1.70. The fourth-order valence-electron chi connectivity index (χ4n) is 4.21. The van der Waals surface area contributed by atoms with Gasteiger partial charge in [0.2, 0.25) is 0 Å². The SMILES string of the molecule is CN=C(NCC1CCN(CC(F)(F)F)C1)NCC1(CC(C)C)CCC1.I. The van der Waals surface area contributed by atoms with Crippen molar-refractivity contribution in [2.75, 3.05) is 39.8 Å². The number of nitrogens with zero attached hydrogens (tertiary/aromatic N) is 2. The number of nitrogens with one attached hydrogen (secondary N) is 2. The number of alkyl halides is 3. The molecule has 1 saturated heterocycles. The van der Waals surface area contributed by atoms with Crippen LogP contribution in [0.5, 0.6) is 0 Å². The molecule has 0 aromatic carbocycles. The van der Waals surface area contributed by atoms with Gasteiger partial charge in [-0.2, -0.15) is 13.2 Å². The number of likely N-dealkylation sites (tertiary alicyclic amines) is 1. The summed E-state index contributed by atoms with van der Waals surface area (Å²) in [5.41, 5.74) is 0.392. The van der Waals surface area contributed by atoms with E-state index in [0.29, 0.717) is 31.0 Å². The van der Waals surface area contributed by atoms with Gasteiger partial charge in [0.25, 0.3) is 0 Å².